The smallest absolute Gasteiger partial charge is 0.388 e. The highest BCUT2D eigenvalue weighted by molar-refractivity contribution is 8.54. The molecule has 1 unspecified atom stereocenters. The molecule has 0 aliphatic carbocycles. The highest BCUT2D eigenvalue weighted by atomic mass is 32.7. The molecule has 2 rings (SSSR count). The maximum atomic E-state index is 11.3. The molecule has 0 fully saturated rings. The van der Waals surface area contributed by atoms with Gasteiger partial charge in [0.05, 0.1) is 0 Å². The van der Waals surface area contributed by atoms with Crippen molar-refractivity contribution in [2.75, 3.05) is 0 Å². The lowest BCUT2D eigenvalue weighted by Crippen LogP contribution is -2.03. The van der Waals surface area contributed by atoms with Crippen LogP contribution in [0.5, 0.6) is 11.5 Å². The van der Waals surface area contributed by atoms with E-state index in [0.717, 1.165) is 12.0 Å². The first kappa shape index (κ1) is 17.9. The van der Waals surface area contributed by atoms with Gasteiger partial charge < -0.3 is 20.0 Å². The summed E-state index contributed by atoms with van der Waals surface area (Å²) in [5, 5.41) is 19.5. The molecule has 0 bridgehead atoms. The van der Waals surface area contributed by atoms with Crippen molar-refractivity contribution in [3.63, 3.8) is 0 Å². The Kier molecular flexibility index (Phi) is 5.76. The summed E-state index contributed by atoms with van der Waals surface area (Å²) in [4.78, 5) is 18.8. The van der Waals surface area contributed by atoms with Gasteiger partial charge in [-0.3, -0.25) is 0 Å². The van der Waals surface area contributed by atoms with Gasteiger partial charge in [-0.2, -0.15) is 0 Å². The van der Waals surface area contributed by atoms with E-state index >= 15 is 0 Å². The molecule has 2 aromatic carbocycles. The third-order valence-electron chi connectivity index (χ3n) is 3.63. The first-order chi connectivity index (χ1) is 10.8. The molecular formula is C16H19O5PS. The second kappa shape index (κ2) is 7.41. The highest BCUT2D eigenvalue weighted by Crippen LogP contribution is 2.56. The number of aromatic hydroxyl groups is 2. The minimum absolute atomic E-state index is 0.0284. The van der Waals surface area contributed by atoms with Gasteiger partial charge in [-0.25, -0.2) is 4.57 Å². The second-order valence-electron chi connectivity index (χ2n) is 5.24. The Hall–Kier alpha value is -1.46. The summed E-state index contributed by atoms with van der Waals surface area (Å²) in [5.41, 5.74) is 1.53. The maximum absolute atomic E-state index is 11.3. The molecule has 0 saturated heterocycles. The average molecular weight is 354 g/mol. The zero-order valence-electron chi connectivity index (χ0n) is 12.6. The van der Waals surface area contributed by atoms with E-state index in [0.29, 0.717) is 28.3 Å². The van der Waals surface area contributed by atoms with Crippen molar-refractivity contribution >= 4 is 18.2 Å². The number of hydrogen-bond donors (Lipinski definition) is 4. The summed E-state index contributed by atoms with van der Waals surface area (Å²) in [6.07, 6.45) is 1.25. The predicted octanol–water partition coefficient (Wildman–Crippen LogP) is 4.02. The fraction of sp³-hybridized carbons (Fsp3) is 0.250. The molecule has 0 heterocycles. The van der Waals surface area contributed by atoms with Crippen LogP contribution in [-0.4, -0.2) is 20.0 Å². The lowest BCUT2D eigenvalue weighted by atomic mass is 9.89. The molecular weight excluding hydrogens is 335 g/mol. The van der Waals surface area contributed by atoms with Gasteiger partial charge in [0.15, 0.2) is 0 Å². The summed E-state index contributed by atoms with van der Waals surface area (Å²) in [6, 6.07) is 11.5. The van der Waals surface area contributed by atoms with Crippen LogP contribution in [0.4, 0.5) is 0 Å². The molecule has 0 aliphatic heterocycles. The quantitative estimate of drug-likeness (QED) is 0.585. The number of hydrogen-bond acceptors (Lipinski definition) is 4. The molecule has 2 aromatic rings. The van der Waals surface area contributed by atoms with Crippen molar-refractivity contribution in [3.05, 3.63) is 53.6 Å². The van der Waals surface area contributed by atoms with E-state index in [-0.39, 0.29) is 17.4 Å². The molecule has 0 amide bonds. The summed E-state index contributed by atoms with van der Waals surface area (Å²) in [5.74, 6) is 0.282. The van der Waals surface area contributed by atoms with Crippen molar-refractivity contribution in [1.82, 2.24) is 0 Å². The van der Waals surface area contributed by atoms with Crippen LogP contribution in [0.1, 0.15) is 30.4 Å². The molecule has 0 radical (unpaired) electrons. The van der Waals surface area contributed by atoms with E-state index in [2.05, 4.69) is 0 Å². The Labute approximate surface area is 138 Å². The lowest BCUT2D eigenvalue weighted by Gasteiger charge is -2.19. The molecule has 0 aromatic heterocycles. The van der Waals surface area contributed by atoms with Crippen molar-refractivity contribution in [3.8, 4) is 11.5 Å². The Morgan fingerprint density at radius 1 is 1.09 bits per heavy atom. The summed E-state index contributed by atoms with van der Waals surface area (Å²) in [6.45, 7) is -2.29. The molecule has 4 N–H and O–H groups in total. The molecule has 7 heteroatoms. The standard InChI is InChI=1S/C16H19O5PS/c1-2-11(12-6-8-13(17)9-7-12)10-14-15(18)4-3-5-16(14)23-22(19,20)21/h3-9,11,17-18H,2,10H2,1H3,(H2,19,20,21). The first-order valence-corrected chi connectivity index (χ1v) is 10.2. The van der Waals surface area contributed by atoms with Crippen LogP contribution in [0.3, 0.4) is 0 Å². The van der Waals surface area contributed by atoms with Crippen LogP contribution in [0, 0.1) is 0 Å². The van der Waals surface area contributed by atoms with Crippen LogP contribution >= 0.6 is 18.2 Å². The van der Waals surface area contributed by atoms with E-state index < -0.39 is 6.80 Å². The van der Waals surface area contributed by atoms with Crippen LogP contribution in [-0.2, 0) is 11.0 Å². The first-order valence-electron chi connectivity index (χ1n) is 7.15. The van der Waals surface area contributed by atoms with E-state index in [9.17, 15) is 24.6 Å². The number of benzene rings is 2. The number of phenolic OH excluding ortho intramolecular Hbond substituents is 2. The van der Waals surface area contributed by atoms with Crippen molar-refractivity contribution in [1.29, 1.82) is 0 Å². The van der Waals surface area contributed by atoms with Gasteiger partial charge in [0.1, 0.15) is 11.5 Å². The van der Waals surface area contributed by atoms with Crippen LogP contribution < -0.4 is 0 Å². The molecule has 0 saturated carbocycles. The fourth-order valence-electron chi connectivity index (χ4n) is 2.46. The predicted molar refractivity (Wildman–Crippen MR) is 90.9 cm³/mol. The molecule has 5 nitrogen and oxygen atoms in total. The van der Waals surface area contributed by atoms with Gasteiger partial charge in [0.2, 0.25) is 0 Å². The van der Waals surface area contributed by atoms with E-state index in [1.54, 1.807) is 24.3 Å². The zero-order chi connectivity index (χ0) is 17.0. The van der Waals surface area contributed by atoms with Crippen molar-refractivity contribution in [2.24, 2.45) is 0 Å². The Morgan fingerprint density at radius 2 is 1.74 bits per heavy atom. The zero-order valence-corrected chi connectivity index (χ0v) is 14.3. The van der Waals surface area contributed by atoms with Gasteiger partial charge in [-0.1, -0.05) is 25.1 Å². The number of rotatable bonds is 6. The van der Waals surface area contributed by atoms with E-state index in [1.165, 1.54) is 6.07 Å². The molecule has 124 valence electrons. The minimum Gasteiger partial charge on any atom is -0.508 e. The third-order valence-corrected chi connectivity index (χ3v) is 5.75. The van der Waals surface area contributed by atoms with E-state index in [1.807, 2.05) is 19.1 Å². The van der Waals surface area contributed by atoms with E-state index in [4.69, 9.17) is 0 Å². The number of phenols is 2. The van der Waals surface area contributed by atoms with Crippen LogP contribution in [0.2, 0.25) is 0 Å². The summed E-state index contributed by atoms with van der Waals surface area (Å²) >= 11 is 0.458. The van der Waals surface area contributed by atoms with Gasteiger partial charge in [0, 0.05) is 10.5 Å². The molecule has 23 heavy (non-hydrogen) atoms. The fourth-order valence-corrected chi connectivity index (χ4v) is 4.44. The van der Waals surface area contributed by atoms with Gasteiger partial charge in [-0.05, 0) is 60.0 Å². The summed E-state index contributed by atoms with van der Waals surface area (Å²) in [7, 11) is 0. The lowest BCUT2D eigenvalue weighted by molar-refractivity contribution is 0.397. The largest absolute Gasteiger partial charge is 0.508 e. The normalized spacial score (nSPS) is 13.0. The van der Waals surface area contributed by atoms with Gasteiger partial charge >= 0.3 is 6.80 Å². The third kappa shape index (κ3) is 5.01. The van der Waals surface area contributed by atoms with Crippen LogP contribution in [0.25, 0.3) is 0 Å². The maximum Gasteiger partial charge on any atom is 0.388 e. The van der Waals surface area contributed by atoms with Gasteiger partial charge in [-0.15, -0.1) is 0 Å². The molecule has 0 aliphatic rings. The molecule has 1 atom stereocenters. The summed E-state index contributed by atoms with van der Waals surface area (Å²) < 4.78 is 11.3. The Morgan fingerprint density at radius 3 is 2.30 bits per heavy atom. The highest BCUT2D eigenvalue weighted by Gasteiger charge is 2.22. The SMILES string of the molecule is CCC(Cc1c(O)cccc1SP(=O)(O)O)c1ccc(O)cc1. The minimum atomic E-state index is -4.29. The molecule has 0 spiro atoms. The monoisotopic (exact) mass is 354 g/mol. The van der Waals surface area contributed by atoms with Crippen LogP contribution in [0.15, 0.2) is 47.4 Å². The van der Waals surface area contributed by atoms with Crippen molar-refractivity contribution < 1.29 is 24.6 Å². The van der Waals surface area contributed by atoms with Gasteiger partial charge in [0.25, 0.3) is 0 Å². The topological polar surface area (TPSA) is 98.0 Å². The average Bonchev–Trinajstić information content (AvgIpc) is 2.47. The van der Waals surface area contributed by atoms with Crippen molar-refractivity contribution in [2.45, 2.75) is 30.6 Å². The Bertz CT molecular complexity index is 711. The Balaban J connectivity index is 2.33. The second-order valence-corrected chi connectivity index (χ2v) is 8.81.